The quantitative estimate of drug-likeness (QED) is 0.906. The number of nitrogens with zero attached hydrogens (tertiary/aromatic N) is 1. The number of aliphatic carboxylic acids is 1. The van der Waals surface area contributed by atoms with Crippen LogP contribution in [0.3, 0.4) is 0 Å². The fourth-order valence-corrected chi connectivity index (χ4v) is 4.78. The predicted octanol–water partition coefficient (Wildman–Crippen LogP) is 2.80. The Morgan fingerprint density at radius 1 is 1.12 bits per heavy atom. The van der Waals surface area contributed by atoms with Crippen LogP contribution < -0.4 is 4.74 Å². The van der Waals surface area contributed by atoms with Gasteiger partial charge in [-0.15, -0.1) is 0 Å². The lowest BCUT2D eigenvalue weighted by Crippen LogP contribution is -2.48. The lowest BCUT2D eigenvalue weighted by molar-refractivity contribution is -0.150. The second-order valence-electron chi connectivity index (χ2n) is 7.17. The fraction of sp³-hybridized carbons (Fsp3) is 0.579. The van der Waals surface area contributed by atoms with Crippen LogP contribution in [0.5, 0.6) is 5.75 Å². The van der Waals surface area contributed by atoms with Gasteiger partial charge in [-0.1, -0.05) is 31.0 Å². The maximum atomic E-state index is 13.3. The largest absolute Gasteiger partial charge is 0.493 e. The average molecular weight is 329 g/mol. The van der Waals surface area contributed by atoms with Gasteiger partial charge in [0, 0.05) is 11.6 Å². The Morgan fingerprint density at radius 3 is 2.75 bits per heavy atom. The molecule has 2 heterocycles. The van der Waals surface area contributed by atoms with Crippen LogP contribution in [0.2, 0.25) is 0 Å². The Bertz CT molecular complexity index is 659. The van der Waals surface area contributed by atoms with Crippen LogP contribution in [0.25, 0.3) is 0 Å². The number of para-hydroxylation sites is 1. The summed E-state index contributed by atoms with van der Waals surface area (Å²) in [5.41, 5.74) is 0.900. The van der Waals surface area contributed by atoms with E-state index in [1.54, 1.807) is 4.90 Å². The van der Waals surface area contributed by atoms with E-state index in [0.29, 0.717) is 25.4 Å². The summed E-state index contributed by atoms with van der Waals surface area (Å²) in [6, 6.07) is 7.06. The van der Waals surface area contributed by atoms with E-state index in [0.717, 1.165) is 37.0 Å². The molecule has 0 spiro atoms. The van der Waals surface area contributed by atoms with E-state index in [2.05, 4.69) is 0 Å². The monoisotopic (exact) mass is 329 g/mol. The highest BCUT2D eigenvalue weighted by Gasteiger charge is 2.49. The molecule has 2 aliphatic heterocycles. The molecule has 1 N–H and O–H groups in total. The van der Waals surface area contributed by atoms with Gasteiger partial charge in [-0.25, -0.2) is 4.79 Å². The molecule has 1 amide bonds. The maximum absolute atomic E-state index is 13.3. The number of hydrogen-bond donors (Lipinski definition) is 1. The average Bonchev–Trinajstić information content (AvgIpc) is 3.00. The van der Waals surface area contributed by atoms with Gasteiger partial charge in [0.15, 0.2) is 0 Å². The summed E-state index contributed by atoms with van der Waals surface area (Å²) >= 11 is 0. The number of carboxylic acids is 1. The third kappa shape index (κ3) is 2.46. The molecule has 4 rings (SSSR count). The normalized spacial score (nSPS) is 31.8. The molecular formula is C19H23NO4. The van der Waals surface area contributed by atoms with Crippen LogP contribution in [0, 0.1) is 5.92 Å². The van der Waals surface area contributed by atoms with Gasteiger partial charge in [-0.2, -0.15) is 0 Å². The van der Waals surface area contributed by atoms with Crippen molar-refractivity contribution in [2.45, 2.75) is 56.5 Å². The molecule has 1 saturated carbocycles. The molecule has 24 heavy (non-hydrogen) atoms. The number of carbonyl (C=O) groups is 2. The molecule has 1 aromatic rings. The van der Waals surface area contributed by atoms with Crippen LogP contribution in [0.4, 0.5) is 0 Å². The summed E-state index contributed by atoms with van der Waals surface area (Å²) in [4.78, 5) is 26.8. The Kier molecular flexibility index (Phi) is 3.94. The van der Waals surface area contributed by atoms with Crippen molar-refractivity contribution in [1.82, 2.24) is 4.90 Å². The molecule has 1 saturated heterocycles. The second kappa shape index (κ2) is 6.11. The van der Waals surface area contributed by atoms with Gasteiger partial charge in [0.25, 0.3) is 0 Å². The zero-order chi connectivity index (χ0) is 16.7. The van der Waals surface area contributed by atoms with Crippen LogP contribution in [-0.2, 0) is 9.59 Å². The van der Waals surface area contributed by atoms with Crippen molar-refractivity contribution in [3.8, 4) is 5.75 Å². The molecular weight excluding hydrogens is 306 g/mol. The zero-order valence-corrected chi connectivity index (χ0v) is 13.7. The summed E-state index contributed by atoms with van der Waals surface area (Å²) in [5.74, 6) is -0.0598. The Morgan fingerprint density at radius 2 is 1.92 bits per heavy atom. The van der Waals surface area contributed by atoms with E-state index in [1.165, 1.54) is 0 Å². The highest BCUT2D eigenvalue weighted by Crippen LogP contribution is 2.43. The number of likely N-dealkylation sites (tertiary alicyclic amines) is 1. The molecule has 0 aromatic heterocycles. The number of fused-ring (bicyclic) bond motifs is 2. The second-order valence-corrected chi connectivity index (χ2v) is 7.17. The first kappa shape index (κ1) is 15.5. The van der Waals surface area contributed by atoms with Crippen molar-refractivity contribution < 1.29 is 19.4 Å². The molecule has 5 heteroatoms. The van der Waals surface area contributed by atoms with Crippen LogP contribution in [0.15, 0.2) is 24.3 Å². The predicted molar refractivity (Wildman–Crippen MR) is 87.9 cm³/mol. The number of carbonyl (C=O) groups excluding carboxylic acids is 1. The molecule has 0 radical (unpaired) electrons. The molecule has 128 valence electrons. The van der Waals surface area contributed by atoms with Crippen molar-refractivity contribution in [2.75, 3.05) is 6.61 Å². The lowest BCUT2D eigenvalue weighted by Gasteiger charge is -2.36. The molecule has 4 atom stereocenters. The number of benzene rings is 1. The van der Waals surface area contributed by atoms with Gasteiger partial charge in [0.05, 0.1) is 12.5 Å². The minimum atomic E-state index is -0.863. The molecule has 5 nitrogen and oxygen atoms in total. The van der Waals surface area contributed by atoms with Gasteiger partial charge in [-0.05, 0) is 37.7 Å². The van der Waals surface area contributed by atoms with Crippen molar-refractivity contribution in [3.05, 3.63) is 29.8 Å². The Hall–Kier alpha value is -2.04. The molecule has 1 aliphatic carbocycles. The number of carboxylic acid groups (broad SMARTS) is 1. The maximum Gasteiger partial charge on any atom is 0.326 e. The molecule has 1 aromatic carbocycles. The number of rotatable bonds is 2. The highest BCUT2D eigenvalue weighted by atomic mass is 16.5. The van der Waals surface area contributed by atoms with Crippen molar-refractivity contribution in [3.63, 3.8) is 0 Å². The first-order valence-corrected chi connectivity index (χ1v) is 8.93. The summed E-state index contributed by atoms with van der Waals surface area (Å²) < 4.78 is 5.66. The minimum Gasteiger partial charge on any atom is -0.493 e. The number of amides is 1. The first-order chi connectivity index (χ1) is 11.7. The third-order valence-corrected chi connectivity index (χ3v) is 5.88. The number of hydrogen-bond acceptors (Lipinski definition) is 3. The van der Waals surface area contributed by atoms with Crippen LogP contribution in [0.1, 0.15) is 50.0 Å². The molecule has 3 aliphatic rings. The molecule has 0 unspecified atom stereocenters. The van der Waals surface area contributed by atoms with Crippen LogP contribution in [-0.4, -0.2) is 40.6 Å². The molecule has 2 fully saturated rings. The van der Waals surface area contributed by atoms with Gasteiger partial charge >= 0.3 is 5.97 Å². The van der Waals surface area contributed by atoms with Crippen molar-refractivity contribution in [2.24, 2.45) is 5.92 Å². The minimum absolute atomic E-state index is 0.0208. The van der Waals surface area contributed by atoms with Gasteiger partial charge in [0.1, 0.15) is 11.8 Å². The third-order valence-electron chi connectivity index (χ3n) is 5.88. The summed E-state index contributed by atoms with van der Waals surface area (Å²) in [5, 5.41) is 9.65. The zero-order valence-electron chi connectivity index (χ0n) is 13.7. The lowest BCUT2D eigenvalue weighted by atomic mass is 9.84. The van der Waals surface area contributed by atoms with E-state index < -0.39 is 12.0 Å². The highest BCUT2D eigenvalue weighted by molar-refractivity contribution is 5.90. The Labute approximate surface area is 141 Å². The van der Waals surface area contributed by atoms with Gasteiger partial charge in [0.2, 0.25) is 5.91 Å². The smallest absolute Gasteiger partial charge is 0.326 e. The van der Waals surface area contributed by atoms with Crippen LogP contribution >= 0.6 is 0 Å². The van der Waals surface area contributed by atoms with E-state index in [4.69, 9.17) is 4.74 Å². The standard InChI is InChI=1S/C19H23NO4/c21-18(14-9-10-24-17-8-4-2-6-13(14)17)20-15-7-3-1-5-12(15)11-16(20)19(22)23/h2,4,6,8,12,14-16H,1,3,5,7,9-11H2,(H,22,23)/t12-,14-,15+,16-/m0/s1. The van der Waals surface area contributed by atoms with E-state index in [1.807, 2.05) is 24.3 Å². The van der Waals surface area contributed by atoms with E-state index >= 15 is 0 Å². The molecule has 0 bridgehead atoms. The van der Waals surface area contributed by atoms with Gasteiger partial charge in [-0.3, -0.25) is 4.79 Å². The Balaban J connectivity index is 1.66. The SMILES string of the molecule is O=C(O)[C@@H]1C[C@@H]2CCCC[C@H]2N1C(=O)[C@H]1CCOc2ccccc21. The fourth-order valence-electron chi connectivity index (χ4n) is 4.78. The van der Waals surface area contributed by atoms with Gasteiger partial charge < -0.3 is 14.7 Å². The summed E-state index contributed by atoms with van der Waals surface area (Å²) in [7, 11) is 0. The summed E-state index contributed by atoms with van der Waals surface area (Å²) in [6.45, 7) is 0.507. The number of ether oxygens (including phenoxy) is 1. The summed E-state index contributed by atoms with van der Waals surface area (Å²) in [6.07, 6.45) is 5.44. The van der Waals surface area contributed by atoms with Crippen molar-refractivity contribution in [1.29, 1.82) is 0 Å². The first-order valence-electron chi connectivity index (χ1n) is 8.93. The van der Waals surface area contributed by atoms with Crippen molar-refractivity contribution >= 4 is 11.9 Å². The van der Waals surface area contributed by atoms with E-state index in [-0.39, 0.29) is 17.9 Å². The van der Waals surface area contributed by atoms with E-state index in [9.17, 15) is 14.7 Å². The topological polar surface area (TPSA) is 66.8 Å².